The summed E-state index contributed by atoms with van der Waals surface area (Å²) in [5.74, 6) is 0.238. The predicted molar refractivity (Wildman–Crippen MR) is 100 cm³/mol. The van der Waals surface area contributed by atoms with Gasteiger partial charge in [-0.05, 0) is 37.3 Å². The second-order valence-corrected chi connectivity index (χ2v) is 7.90. The minimum atomic E-state index is -3.90. The lowest BCUT2D eigenvalue weighted by molar-refractivity contribution is 0.0601. The van der Waals surface area contributed by atoms with Crippen LogP contribution in [0.5, 0.6) is 11.5 Å². The van der Waals surface area contributed by atoms with E-state index in [4.69, 9.17) is 25.8 Å². The van der Waals surface area contributed by atoms with Gasteiger partial charge in [0, 0.05) is 12.6 Å². The Balaban J connectivity index is 2.03. The number of anilines is 1. The summed E-state index contributed by atoms with van der Waals surface area (Å²) in [6, 6.07) is 8.86. The third-order valence-electron chi connectivity index (χ3n) is 4.03. The van der Waals surface area contributed by atoms with Crippen LogP contribution in [0.15, 0.2) is 41.3 Å². The molecule has 1 aliphatic heterocycles. The van der Waals surface area contributed by atoms with E-state index in [0.29, 0.717) is 30.4 Å². The maximum absolute atomic E-state index is 13.2. The molecule has 0 unspecified atom stereocenters. The predicted octanol–water partition coefficient (Wildman–Crippen LogP) is 3.11. The van der Waals surface area contributed by atoms with Gasteiger partial charge in [0.25, 0.3) is 10.0 Å². The molecule has 0 saturated heterocycles. The molecule has 0 bridgehead atoms. The molecule has 9 heteroatoms. The third-order valence-corrected chi connectivity index (χ3v) is 6.26. The van der Waals surface area contributed by atoms with Crippen LogP contribution < -0.4 is 13.8 Å². The molecule has 0 amide bonds. The Kier molecular flexibility index (Phi) is 5.48. The molecule has 7 nitrogen and oxygen atoms in total. The monoisotopic (exact) mass is 411 g/mol. The average Bonchev–Trinajstić information content (AvgIpc) is 2.68. The van der Waals surface area contributed by atoms with E-state index in [1.807, 2.05) is 0 Å². The van der Waals surface area contributed by atoms with Crippen molar-refractivity contribution in [3.05, 3.63) is 47.0 Å². The molecule has 0 N–H and O–H groups in total. The van der Waals surface area contributed by atoms with Crippen LogP contribution in [-0.4, -0.2) is 41.3 Å². The second-order valence-electron chi connectivity index (χ2n) is 5.63. The number of carbonyl (C=O) groups is 1. The Morgan fingerprint density at radius 1 is 1.15 bits per heavy atom. The van der Waals surface area contributed by atoms with Crippen molar-refractivity contribution in [3.8, 4) is 11.5 Å². The summed E-state index contributed by atoms with van der Waals surface area (Å²) in [6.45, 7) is 2.62. The van der Waals surface area contributed by atoms with Gasteiger partial charge in [0.2, 0.25) is 0 Å². The molecule has 0 spiro atoms. The number of hydrogen-bond acceptors (Lipinski definition) is 6. The van der Waals surface area contributed by atoms with Crippen LogP contribution in [-0.2, 0) is 14.8 Å². The smallest absolute Gasteiger partial charge is 0.339 e. The molecule has 1 aliphatic rings. The van der Waals surface area contributed by atoms with Gasteiger partial charge in [-0.25, -0.2) is 13.2 Å². The SMILES string of the molecule is CCN(c1ccc(Cl)c(C(=O)OC)c1)S(=O)(=O)c1ccc2c(c1)OCCO2. The number of hydrogen-bond donors (Lipinski definition) is 0. The van der Waals surface area contributed by atoms with E-state index in [2.05, 4.69) is 0 Å². The number of nitrogens with zero attached hydrogens (tertiary/aromatic N) is 1. The van der Waals surface area contributed by atoms with Gasteiger partial charge in [-0.1, -0.05) is 11.6 Å². The van der Waals surface area contributed by atoms with Gasteiger partial charge < -0.3 is 14.2 Å². The van der Waals surface area contributed by atoms with Crippen LogP contribution in [0.4, 0.5) is 5.69 Å². The van der Waals surface area contributed by atoms with Crippen LogP contribution in [0.3, 0.4) is 0 Å². The molecule has 0 saturated carbocycles. The Morgan fingerprint density at radius 2 is 1.85 bits per heavy atom. The highest BCUT2D eigenvalue weighted by Gasteiger charge is 2.27. The minimum absolute atomic E-state index is 0.0585. The Morgan fingerprint density at radius 3 is 2.52 bits per heavy atom. The van der Waals surface area contributed by atoms with Gasteiger partial charge in [0.15, 0.2) is 11.5 Å². The summed E-state index contributed by atoms with van der Waals surface area (Å²) in [5.41, 5.74) is 0.393. The van der Waals surface area contributed by atoms with Crippen molar-refractivity contribution in [3.63, 3.8) is 0 Å². The lowest BCUT2D eigenvalue weighted by Gasteiger charge is -2.25. The first-order valence-electron chi connectivity index (χ1n) is 8.18. The van der Waals surface area contributed by atoms with Gasteiger partial charge in [0.1, 0.15) is 13.2 Å². The Hall–Kier alpha value is -2.45. The summed E-state index contributed by atoms with van der Waals surface area (Å²) in [4.78, 5) is 11.9. The third kappa shape index (κ3) is 3.68. The molecule has 0 radical (unpaired) electrons. The number of benzene rings is 2. The first kappa shape index (κ1) is 19.3. The van der Waals surface area contributed by atoms with E-state index in [1.54, 1.807) is 13.0 Å². The van der Waals surface area contributed by atoms with Crippen molar-refractivity contribution >= 4 is 33.3 Å². The normalized spacial score (nSPS) is 13.1. The molecular weight excluding hydrogens is 394 g/mol. The highest BCUT2D eigenvalue weighted by atomic mass is 35.5. The summed E-state index contributed by atoms with van der Waals surface area (Å²) < 4.78 is 43.1. The highest BCUT2D eigenvalue weighted by molar-refractivity contribution is 7.92. The molecule has 2 aromatic rings. The first-order chi connectivity index (χ1) is 12.9. The first-order valence-corrected chi connectivity index (χ1v) is 10.0. The molecule has 3 rings (SSSR count). The summed E-state index contributed by atoms with van der Waals surface area (Å²) >= 11 is 6.03. The minimum Gasteiger partial charge on any atom is -0.486 e. The zero-order chi connectivity index (χ0) is 19.6. The maximum Gasteiger partial charge on any atom is 0.339 e. The molecule has 0 aromatic heterocycles. The largest absolute Gasteiger partial charge is 0.486 e. The van der Waals surface area contributed by atoms with Crippen molar-refractivity contribution in [2.24, 2.45) is 0 Å². The van der Waals surface area contributed by atoms with Crippen molar-refractivity contribution in [2.45, 2.75) is 11.8 Å². The molecule has 144 valence electrons. The number of fused-ring (bicyclic) bond motifs is 1. The molecule has 0 atom stereocenters. The van der Waals surface area contributed by atoms with Gasteiger partial charge in [-0.15, -0.1) is 0 Å². The molecule has 0 aliphatic carbocycles. The van der Waals surface area contributed by atoms with Crippen molar-refractivity contribution in [1.82, 2.24) is 0 Å². The van der Waals surface area contributed by atoms with Gasteiger partial charge in [0.05, 0.1) is 28.3 Å². The number of halogens is 1. The van der Waals surface area contributed by atoms with Crippen LogP contribution in [0, 0.1) is 0 Å². The van der Waals surface area contributed by atoms with E-state index in [0.717, 1.165) is 0 Å². The fourth-order valence-corrected chi connectivity index (χ4v) is 4.41. The fraction of sp³-hybridized carbons (Fsp3) is 0.278. The Labute approximate surface area is 162 Å². The summed E-state index contributed by atoms with van der Waals surface area (Å²) in [6.07, 6.45) is 0. The second kappa shape index (κ2) is 7.66. The molecular formula is C18H18ClNO6S. The average molecular weight is 412 g/mol. The Bertz CT molecular complexity index is 976. The van der Waals surface area contributed by atoms with E-state index in [-0.39, 0.29) is 22.0 Å². The van der Waals surface area contributed by atoms with Crippen LogP contribution in [0.25, 0.3) is 0 Å². The van der Waals surface area contributed by atoms with Crippen LogP contribution >= 0.6 is 11.6 Å². The van der Waals surface area contributed by atoms with Gasteiger partial charge in [-0.2, -0.15) is 0 Å². The topological polar surface area (TPSA) is 82.1 Å². The molecule has 0 fully saturated rings. The summed E-state index contributed by atoms with van der Waals surface area (Å²) in [7, 11) is -2.67. The van der Waals surface area contributed by atoms with Crippen molar-refractivity contribution in [2.75, 3.05) is 31.2 Å². The number of rotatable bonds is 5. The van der Waals surface area contributed by atoms with E-state index in [9.17, 15) is 13.2 Å². The summed E-state index contributed by atoms with van der Waals surface area (Å²) in [5, 5.41) is 0.179. The molecule has 2 aromatic carbocycles. The van der Waals surface area contributed by atoms with Crippen LogP contribution in [0.1, 0.15) is 17.3 Å². The van der Waals surface area contributed by atoms with Crippen molar-refractivity contribution < 1.29 is 27.4 Å². The fourth-order valence-electron chi connectivity index (χ4n) is 2.74. The number of sulfonamides is 1. The number of ether oxygens (including phenoxy) is 3. The highest BCUT2D eigenvalue weighted by Crippen LogP contribution is 2.34. The standard InChI is InChI=1S/C18H18ClNO6S/c1-3-20(12-4-6-15(19)14(10-12)18(21)24-2)27(22,23)13-5-7-16-17(11-13)26-9-8-25-16/h4-7,10-11H,3,8-9H2,1-2H3. The van der Waals surface area contributed by atoms with E-state index < -0.39 is 16.0 Å². The van der Waals surface area contributed by atoms with E-state index in [1.165, 1.54) is 41.7 Å². The maximum atomic E-state index is 13.2. The van der Waals surface area contributed by atoms with Gasteiger partial charge in [-0.3, -0.25) is 4.31 Å². The number of methoxy groups -OCH3 is 1. The lowest BCUT2D eigenvalue weighted by atomic mass is 10.2. The lowest BCUT2D eigenvalue weighted by Crippen LogP contribution is -2.31. The molecule has 1 heterocycles. The van der Waals surface area contributed by atoms with E-state index >= 15 is 0 Å². The quantitative estimate of drug-likeness (QED) is 0.703. The number of carbonyl (C=O) groups excluding carboxylic acids is 1. The van der Waals surface area contributed by atoms with Crippen LogP contribution in [0.2, 0.25) is 5.02 Å². The zero-order valence-corrected chi connectivity index (χ0v) is 16.3. The zero-order valence-electron chi connectivity index (χ0n) is 14.8. The van der Waals surface area contributed by atoms with Gasteiger partial charge >= 0.3 is 5.97 Å². The van der Waals surface area contributed by atoms with Crippen molar-refractivity contribution in [1.29, 1.82) is 0 Å². The number of esters is 1. The molecule has 27 heavy (non-hydrogen) atoms.